The van der Waals surface area contributed by atoms with Crippen molar-refractivity contribution in [3.63, 3.8) is 0 Å². The average Bonchev–Trinajstić information content (AvgIpc) is 2.73. The fourth-order valence-electron chi connectivity index (χ4n) is 2.99. The number of anilines is 1. The summed E-state index contributed by atoms with van der Waals surface area (Å²) in [6.45, 7) is 3.43. The van der Waals surface area contributed by atoms with E-state index >= 15 is 0 Å². The molecule has 0 radical (unpaired) electrons. The minimum Gasteiger partial charge on any atom is -0.481 e. The Labute approximate surface area is 178 Å². The molecule has 0 unspecified atom stereocenters. The van der Waals surface area contributed by atoms with Crippen LogP contribution in [-0.4, -0.2) is 48.4 Å². The lowest BCUT2D eigenvalue weighted by Gasteiger charge is -2.23. The summed E-state index contributed by atoms with van der Waals surface area (Å²) < 4.78 is 29.7. The Morgan fingerprint density at radius 3 is 2.50 bits per heavy atom. The van der Waals surface area contributed by atoms with Crippen molar-refractivity contribution in [3.05, 3.63) is 59.8 Å². The molecule has 9 heteroatoms. The second-order valence-corrected chi connectivity index (χ2v) is 8.65. The minimum absolute atomic E-state index is 0.0130. The minimum atomic E-state index is -3.65. The van der Waals surface area contributed by atoms with E-state index in [1.54, 1.807) is 6.20 Å². The molecule has 0 amide bonds. The number of aromatic nitrogens is 1. The van der Waals surface area contributed by atoms with Gasteiger partial charge in [0.25, 0.3) is 10.2 Å². The topological polar surface area (TPSA) is 112 Å². The molecule has 0 bridgehead atoms. The summed E-state index contributed by atoms with van der Waals surface area (Å²) in [5, 5.41) is 12.1. The number of benzene rings is 1. The SMILES string of the molecule is CCCN(Cc1ccccc1CCC(=O)O)S(=O)(=O)NCCCNc1ccccn1. The van der Waals surface area contributed by atoms with Gasteiger partial charge in [0.1, 0.15) is 5.82 Å². The first kappa shape index (κ1) is 23.8. The molecule has 8 nitrogen and oxygen atoms in total. The molecule has 0 aliphatic carbocycles. The van der Waals surface area contributed by atoms with Crippen LogP contribution in [0.5, 0.6) is 0 Å². The van der Waals surface area contributed by atoms with E-state index in [1.807, 2.05) is 49.4 Å². The molecule has 1 aromatic carbocycles. The summed E-state index contributed by atoms with van der Waals surface area (Å²) in [5.74, 6) is -0.116. The summed E-state index contributed by atoms with van der Waals surface area (Å²) in [7, 11) is -3.65. The second kappa shape index (κ2) is 12.3. The summed E-state index contributed by atoms with van der Waals surface area (Å²) in [4.78, 5) is 15.1. The van der Waals surface area contributed by atoms with Gasteiger partial charge in [-0.3, -0.25) is 4.79 Å². The standard InChI is InChI=1S/C21H30N4O4S/c1-2-16-25(17-19-9-4-3-8-18(19)11-12-21(26)27)30(28,29)24-15-7-14-23-20-10-5-6-13-22-20/h3-6,8-10,13,24H,2,7,11-12,14-17H2,1H3,(H,22,23)(H,26,27). The van der Waals surface area contributed by atoms with E-state index in [9.17, 15) is 13.2 Å². The van der Waals surface area contributed by atoms with Crippen LogP contribution in [0.2, 0.25) is 0 Å². The second-order valence-electron chi connectivity index (χ2n) is 6.89. The highest BCUT2D eigenvalue weighted by Gasteiger charge is 2.22. The number of hydrogen-bond acceptors (Lipinski definition) is 5. The molecule has 2 aromatic rings. The van der Waals surface area contributed by atoms with Gasteiger partial charge in [-0.1, -0.05) is 37.3 Å². The number of nitrogens with one attached hydrogen (secondary N) is 2. The molecule has 0 atom stereocenters. The Morgan fingerprint density at radius 1 is 1.10 bits per heavy atom. The molecule has 30 heavy (non-hydrogen) atoms. The summed E-state index contributed by atoms with van der Waals surface area (Å²) in [6.07, 6.45) is 3.38. The molecular weight excluding hydrogens is 404 g/mol. The highest BCUT2D eigenvalue weighted by atomic mass is 32.2. The molecule has 0 aliphatic heterocycles. The van der Waals surface area contributed by atoms with E-state index in [4.69, 9.17) is 5.11 Å². The lowest BCUT2D eigenvalue weighted by molar-refractivity contribution is -0.136. The quantitative estimate of drug-likeness (QED) is 0.394. The van der Waals surface area contributed by atoms with Gasteiger partial charge in [-0.15, -0.1) is 0 Å². The molecule has 0 aliphatic rings. The van der Waals surface area contributed by atoms with E-state index in [1.165, 1.54) is 4.31 Å². The molecule has 2 rings (SSSR count). The predicted octanol–water partition coefficient (Wildman–Crippen LogP) is 2.65. The van der Waals surface area contributed by atoms with Crippen LogP contribution >= 0.6 is 0 Å². The van der Waals surface area contributed by atoms with Crippen LogP contribution < -0.4 is 10.0 Å². The molecule has 0 fully saturated rings. The maximum Gasteiger partial charge on any atom is 0.303 e. The summed E-state index contributed by atoms with van der Waals surface area (Å²) >= 11 is 0. The fraction of sp³-hybridized carbons (Fsp3) is 0.429. The molecule has 1 aromatic heterocycles. The Balaban J connectivity index is 1.93. The number of carboxylic acid groups (broad SMARTS) is 1. The van der Waals surface area contributed by atoms with Crippen molar-refractivity contribution in [2.75, 3.05) is 25.0 Å². The third-order valence-electron chi connectivity index (χ3n) is 4.50. The molecular formula is C21H30N4O4S. The average molecular weight is 435 g/mol. The maximum atomic E-state index is 12.8. The van der Waals surface area contributed by atoms with E-state index in [0.717, 1.165) is 16.9 Å². The van der Waals surface area contributed by atoms with Crippen LogP contribution in [-0.2, 0) is 28.0 Å². The van der Waals surface area contributed by atoms with Crippen LogP contribution in [0.15, 0.2) is 48.7 Å². The van der Waals surface area contributed by atoms with Crippen molar-refractivity contribution in [1.82, 2.24) is 14.0 Å². The first-order valence-corrected chi connectivity index (χ1v) is 11.5. The van der Waals surface area contributed by atoms with Gasteiger partial charge < -0.3 is 10.4 Å². The normalized spacial score (nSPS) is 11.5. The largest absolute Gasteiger partial charge is 0.481 e. The Kier molecular flexibility index (Phi) is 9.72. The lowest BCUT2D eigenvalue weighted by Crippen LogP contribution is -2.41. The van der Waals surface area contributed by atoms with Gasteiger partial charge in [0.05, 0.1) is 0 Å². The molecule has 0 spiro atoms. The molecule has 0 saturated heterocycles. The highest BCUT2D eigenvalue weighted by Crippen LogP contribution is 2.16. The fourth-order valence-corrected chi connectivity index (χ4v) is 4.30. The van der Waals surface area contributed by atoms with E-state index in [0.29, 0.717) is 38.9 Å². The number of pyridine rings is 1. The van der Waals surface area contributed by atoms with Crippen LogP contribution in [0, 0.1) is 0 Å². The zero-order chi connectivity index (χ0) is 21.8. The van der Waals surface area contributed by atoms with Gasteiger partial charge in [-0.25, -0.2) is 9.71 Å². The van der Waals surface area contributed by atoms with Gasteiger partial charge in [-0.05, 0) is 42.5 Å². The van der Waals surface area contributed by atoms with E-state index < -0.39 is 16.2 Å². The van der Waals surface area contributed by atoms with Crippen molar-refractivity contribution < 1.29 is 18.3 Å². The van der Waals surface area contributed by atoms with Crippen LogP contribution in [0.25, 0.3) is 0 Å². The lowest BCUT2D eigenvalue weighted by atomic mass is 10.0. The molecule has 0 saturated carbocycles. The van der Waals surface area contributed by atoms with Gasteiger partial charge in [0, 0.05) is 38.8 Å². The number of aryl methyl sites for hydroxylation is 1. The number of hydrogen-bond donors (Lipinski definition) is 3. The van der Waals surface area contributed by atoms with Crippen molar-refractivity contribution in [3.8, 4) is 0 Å². The van der Waals surface area contributed by atoms with Crippen molar-refractivity contribution in [2.24, 2.45) is 0 Å². The number of aliphatic carboxylic acids is 1. The zero-order valence-corrected chi connectivity index (χ0v) is 18.1. The van der Waals surface area contributed by atoms with Crippen molar-refractivity contribution in [1.29, 1.82) is 0 Å². The number of carboxylic acids is 1. The first-order chi connectivity index (χ1) is 14.4. The third kappa shape index (κ3) is 8.10. The van der Waals surface area contributed by atoms with Gasteiger partial charge in [0.15, 0.2) is 0 Å². The van der Waals surface area contributed by atoms with E-state index in [2.05, 4.69) is 15.0 Å². The number of nitrogens with zero attached hydrogens (tertiary/aromatic N) is 2. The van der Waals surface area contributed by atoms with E-state index in [-0.39, 0.29) is 13.0 Å². The number of rotatable bonds is 14. The summed E-state index contributed by atoms with van der Waals surface area (Å²) in [6, 6.07) is 13.0. The first-order valence-electron chi connectivity index (χ1n) is 10.1. The maximum absolute atomic E-state index is 12.8. The monoisotopic (exact) mass is 434 g/mol. The van der Waals surface area contributed by atoms with Crippen molar-refractivity contribution in [2.45, 2.75) is 39.2 Å². The molecule has 1 heterocycles. The smallest absolute Gasteiger partial charge is 0.303 e. The third-order valence-corrected chi connectivity index (χ3v) is 6.06. The number of carbonyl (C=O) groups is 1. The Hall–Kier alpha value is -2.49. The zero-order valence-electron chi connectivity index (χ0n) is 17.3. The van der Waals surface area contributed by atoms with Crippen LogP contribution in [0.1, 0.15) is 37.3 Å². The van der Waals surface area contributed by atoms with Gasteiger partial charge >= 0.3 is 5.97 Å². The van der Waals surface area contributed by atoms with Crippen molar-refractivity contribution >= 4 is 22.0 Å². The van der Waals surface area contributed by atoms with Gasteiger partial charge in [0.2, 0.25) is 0 Å². The predicted molar refractivity (Wildman–Crippen MR) is 117 cm³/mol. The Bertz CT molecular complexity index is 891. The Morgan fingerprint density at radius 2 is 1.83 bits per heavy atom. The highest BCUT2D eigenvalue weighted by molar-refractivity contribution is 7.87. The van der Waals surface area contributed by atoms with Gasteiger partial charge in [-0.2, -0.15) is 12.7 Å². The molecule has 3 N–H and O–H groups in total. The van der Waals surface area contributed by atoms with Crippen LogP contribution in [0.4, 0.5) is 5.82 Å². The molecule has 164 valence electrons. The van der Waals surface area contributed by atoms with Crippen LogP contribution in [0.3, 0.4) is 0 Å². The summed E-state index contributed by atoms with van der Waals surface area (Å²) in [5.41, 5.74) is 1.69.